The molecule has 0 aromatic carbocycles. The van der Waals surface area contributed by atoms with Crippen molar-refractivity contribution in [3.05, 3.63) is 0 Å². The van der Waals surface area contributed by atoms with Gasteiger partial charge in [0.25, 0.3) is 0 Å². The molecule has 0 aromatic rings. The molecule has 10 heterocycles. The SMILES string of the molecule is O=C(O)[C]12[CH]3[CH]4[CH]5[C]1(O)[Fe]45321678[CH]2[CH]1[CH]6[CH]7[CH]28. The summed E-state index contributed by atoms with van der Waals surface area (Å²) in [7, 11) is 0. The first-order chi connectivity index (χ1) is 6.88. The standard InChI is InChI=1S/C6H5O3.C5H5.Fe/c7-5-3-1-2-4(5)6(8)9;1-2-4-5-3-1;/h1-3,7H,(H,8,9);1-5H;. The minimum absolute atomic E-state index is 0.397. The Morgan fingerprint density at radius 3 is 1.60 bits per heavy atom. The van der Waals surface area contributed by atoms with Crippen LogP contribution in [-0.4, -0.2) is 20.7 Å². The summed E-state index contributed by atoms with van der Waals surface area (Å²) >= 11 is 0. The van der Waals surface area contributed by atoms with Crippen molar-refractivity contribution in [1.29, 1.82) is 0 Å². The molecule has 10 saturated heterocycles. The van der Waals surface area contributed by atoms with Crippen LogP contribution in [0.5, 0.6) is 0 Å². The van der Waals surface area contributed by atoms with E-state index in [0.717, 1.165) is 28.9 Å². The number of rotatable bonds is 1. The van der Waals surface area contributed by atoms with E-state index in [1.165, 1.54) is 0 Å². The maximum absolute atomic E-state index is 11.8. The zero-order chi connectivity index (χ0) is 9.51. The van der Waals surface area contributed by atoms with E-state index in [2.05, 4.69) is 0 Å². The minimum atomic E-state index is -3.80. The van der Waals surface area contributed by atoms with Crippen molar-refractivity contribution in [2.45, 2.75) is 47.3 Å². The molecule has 4 heteroatoms. The molecule has 0 amide bonds. The second-order valence-electron chi connectivity index (χ2n) is 10.0. The number of carboxylic acids is 1. The number of hydrogen-bond acceptors (Lipinski definition) is 2. The van der Waals surface area contributed by atoms with Gasteiger partial charge in [-0.3, -0.25) is 0 Å². The van der Waals surface area contributed by atoms with Crippen molar-refractivity contribution < 1.29 is 21.5 Å². The molecule has 0 bridgehead atoms. The van der Waals surface area contributed by atoms with Crippen molar-refractivity contribution in [2.24, 2.45) is 0 Å². The number of aliphatic hydroxyl groups is 1. The van der Waals surface area contributed by atoms with Crippen LogP contribution < -0.4 is 0 Å². The Morgan fingerprint density at radius 2 is 1.53 bits per heavy atom. The van der Waals surface area contributed by atoms with Crippen LogP contribution >= 0.6 is 0 Å². The van der Waals surface area contributed by atoms with Gasteiger partial charge in [0, 0.05) is 0 Å². The van der Waals surface area contributed by atoms with Crippen molar-refractivity contribution >= 4 is 5.97 Å². The Balaban J connectivity index is 1.95. The molecule has 15 heavy (non-hydrogen) atoms. The first-order valence-corrected chi connectivity index (χ1v) is 12.3. The Kier molecular flexibility index (Phi) is 0.112. The molecule has 0 radical (unpaired) electrons. The molecule has 0 aliphatic carbocycles. The topological polar surface area (TPSA) is 57.5 Å². The summed E-state index contributed by atoms with van der Waals surface area (Å²) < 4.78 is -0.885. The normalized spacial score (nSPS) is 138. The Bertz CT molecular complexity index is 967. The quantitative estimate of drug-likeness (QED) is 0.692. The number of fused-ring (bicyclic) bond motifs is 10. The van der Waals surface area contributed by atoms with Gasteiger partial charge in [0.05, 0.1) is 0 Å². The van der Waals surface area contributed by atoms with Gasteiger partial charge in [-0.05, 0) is 0 Å². The second kappa shape index (κ2) is 0.332. The molecule has 10 rings (SSSR count). The van der Waals surface area contributed by atoms with Gasteiger partial charge >= 0.3 is 74.8 Å². The molecule has 10 aliphatic heterocycles. The summed E-state index contributed by atoms with van der Waals surface area (Å²) in [4.78, 5) is 18.5. The van der Waals surface area contributed by atoms with E-state index >= 15 is 0 Å². The van der Waals surface area contributed by atoms with Gasteiger partial charge < -0.3 is 0 Å². The third-order valence-corrected chi connectivity index (χ3v) is 57.3. The number of hydrogen-bond donors (Lipinski definition) is 2. The average Bonchev–Trinajstić information content (AvgIpc) is 3.10. The van der Waals surface area contributed by atoms with Crippen LogP contribution in [0.3, 0.4) is 0 Å². The van der Waals surface area contributed by atoms with E-state index in [9.17, 15) is 15.0 Å². The molecule has 80 valence electrons. The summed E-state index contributed by atoms with van der Waals surface area (Å²) in [5.74, 6) is -0.536. The summed E-state index contributed by atoms with van der Waals surface area (Å²) in [5.41, 5.74) is 0. The van der Waals surface area contributed by atoms with Crippen LogP contribution in [-0.2, 0) is 11.3 Å². The predicted octanol–water partition coefficient (Wildman–Crippen LogP) is 1.73. The van der Waals surface area contributed by atoms with Crippen LogP contribution in [0.1, 0.15) is 0 Å². The third kappa shape index (κ3) is 0.0367. The predicted molar refractivity (Wildman–Crippen MR) is 45.3 cm³/mol. The fourth-order valence-electron chi connectivity index (χ4n) is 17.0. The van der Waals surface area contributed by atoms with Crippen molar-refractivity contribution in [3.8, 4) is 0 Å². The summed E-state index contributed by atoms with van der Waals surface area (Å²) in [6, 6.07) is 0. The van der Waals surface area contributed by atoms with Crippen LogP contribution in [0.2, 0.25) is 42.8 Å². The molecule has 0 aromatic heterocycles. The third-order valence-electron chi connectivity index (χ3n) is 15.1. The Hall–Kier alpha value is -0.0505. The van der Waals surface area contributed by atoms with E-state index in [0.29, 0.717) is 9.63 Å². The van der Waals surface area contributed by atoms with Gasteiger partial charge in [0.15, 0.2) is 0 Å². The van der Waals surface area contributed by atoms with Crippen LogP contribution in [0, 0.1) is 0 Å². The first kappa shape index (κ1) is 5.07. The van der Waals surface area contributed by atoms with E-state index in [1.807, 2.05) is 0 Å². The first-order valence-electron chi connectivity index (χ1n) is 6.05. The maximum atomic E-state index is 11.8. The summed E-state index contributed by atoms with van der Waals surface area (Å²) in [6.07, 6.45) is 0. The van der Waals surface area contributed by atoms with Crippen molar-refractivity contribution in [3.63, 3.8) is 0 Å². The molecular weight excluding hydrogens is 236 g/mol. The van der Waals surface area contributed by atoms with Crippen LogP contribution in [0.4, 0.5) is 0 Å². The van der Waals surface area contributed by atoms with Crippen LogP contribution in [0.25, 0.3) is 0 Å². The fourth-order valence-corrected chi connectivity index (χ4v) is 90.0. The van der Waals surface area contributed by atoms with E-state index in [1.54, 1.807) is 0 Å². The molecule has 3 nitrogen and oxygen atoms in total. The molecule has 5 atom stereocenters. The monoisotopic (exact) mass is 246 g/mol. The molecule has 5 unspecified atom stereocenters. The average molecular weight is 246 g/mol. The summed E-state index contributed by atoms with van der Waals surface area (Å²) in [6.45, 7) is -3.80. The molecule has 2 N–H and O–H groups in total. The van der Waals surface area contributed by atoms with Gasteiger partial charge in [-0.1, -0.05) is 0 Å². The molecule has 10 fully saturated rings. The van der Waals surface area contributed by atoms with Gasteiger partial charge in [0.2, 0.25) is 0 Å². The Labute approximate surface area is 75.1 Å². The zero-order valence-corrected chi connectivity index (χ0v) is 8.88. The van der Waals surface area contributed by atoms with E-state index in [4.69, 9.17) is 0 Å². The fraction of sp³-hybridized carbons (Fsp3) is 0.909. The van der Waals surface area contributed by atoms with Gasteiger partial charge in [-0.2, -0.15) is 0 Å². The number of carboxylic acid groups (broad SMARTS) is 1. The number of aliphatic carboxylic acids is 1. The zero-order valence-electron chi connectivity index (χ0n) is 7.78. The Morgan fingerprint density at radius 1 is 1.00 bits per heavy atom. The molecule has 1 spiro atoms. The molecule has 0 saturated carbocycles. The molecule has 10 aliphatic rings. The van der Waals surface area contributed by atoms with E-state index < -0.39 is 21.3 Å². The summed E-state index contributed by atoms with van der Waals surface area (Å²) in [5, 5.41) is 20.9. The van der Waals surface area contributed by atoms with Gasteiger partial charge in [-0.15, -0.1) is 0 Å². The molecular formula is C11H10FeO3. The van der Waals surface area contributed by atoms with Gasteiger partial charge in [-0.25, -0.2) is 0 Å². The van der Waals surface area contributed by atoms with Crippen molar-refractivity contribution in [1.82, 2.24) is 0 Å². The number of carbonyl (C=O) groups is 1. The van der Waals surface area contributed by atoms with Gasteiger partial charge in [0.1, 0.15) is 0 Å². The van der Waals surface area contributed by atoms with Crippen molar-refractivity contribution in [2.75, 3.05) is 0 Å². The van der Waals surface area contributed by atoms with E-state index in [-0.39, 0.29) is 0 Å². The van der Waals surface area contributed by atoms with Crippen LogP contribution in [0.15, 0.2) is 0 Å². The second-order valence-corrected chi connectivity index (χ2v) is 33.2.